The first kappa shape index (κ1) is 21.7. The van der Waals surface area contributed by atoms with Crippen LogP contribution in [0.15, 0.2) is 30.3 Å². The quantitative estimate of drug-likeness (QED) is 0.676. The lowest BCUT2D eigenvalue weighted by Crippen LogP contribution is -2.36. The SMILES string of the molecule is Cc1c2c(c(C(C)[C@@H]3C[C@@H](O)CC(=O)O3)c(C)c1NCc1ccccc1)OC(C)(C)C2. The summed E-state index contributed by atoms with van der Waals surface area (Å²) in [5.74, 6) is 0.508. The van der Waals surface area contributed by atoms with E-state index in [9.17, 15) is 9.90 Å². The first-order chi connectivity index (χ1) is 14.7. The largest absolute Gasteiger partial charge is 0.487 e. The number of cyclic esters (lactones) is 1. The van der Waals surface area contributed by atoms with Crippen LogP contribution in [0.25, 0.3) is 0 Å². The molecule has 2 N–H and O–H groups in total. The molecular formula is C26H33NO4. The summed E-state index contributed by atoms with van der Waals surface area (Å²) in [5, 5.41) is 13.8. The average molecular weight is 424 g/mol. The summed E-state index contributed by atoms with van der Waals surface area (Å²) in [7, 11) is 0. The summed E-state index contributed by atoms with van der Waals surface area (Å²) in [6.07, 6.45) is 0.338. The molecule has 1 fully saturated rings. The molecule has 31 heavy (non-hydrogen) atoms. The average Bonchev–Trinajstić information content (AvgIpc) is 3.03. The van der Waals surface area contributed by atoms with Crippen LogP contribution in [-0.2, 0) is 22.5 Å². The molecule has 0 bridgehead atoms. The third-order valence-corrected chi connectivity index (χ3v) is 6.62. The van der Waals surface area contributed by atoms with Crippen molar-refractivity contribution in [2.45, 2.75) is 84.2 Å². The number of fused-ring (bicyclic) bond motifs is 1. The smallest absolute Gasteiger partial charge is 0.308 e. The van der Waals surface area contributed by atoms with Crippen molar-refractivity contribution in [1.29, 1.82) is 0 Å². The van der Waals surface area contributed by atoms with Crippen LogP contribution in [0.3, 0.4) is 0 Å². The number of anilines is 1. The van der Waals surface area contributed by atoms with Crippen LogP contribution in [0, 0.1) is 13.8 Å². The van der Waals surface area contributed by atoms with Crippen molar-refractivity contribution in [2.75, 3.05) is 5.32 Å². The van der Waals surface area contributed by atoms with E-state index in [1.807, 2.05) is 18.2 Å². The summed E-state index contributed by atoms with van der Waals surface area (Å²) >= 11 is 0. The first-order valence-electron chi connectivity index (χ1n) is 11.2. The minimum absolute atomic E-state index is 0.0711. The number of nitrogens with one attached hydrogen (secondary N) is 1. The molecule has 3 atom stereocenters. The van der Waals surface area contributed by atoms with E-state index in [1.165, 1.54) is 16.7 Å². The Morgan fingerprint density at radius 3 is 2.58 bits per heavy atom. The van der Waals surface area contributed by atoms with Gasteiger partial charge in [0.1, 0.15) is 17.5 Å². The standard InChI is InChI=1S/C26H33NO4/c1-15-20-13-26(4,5)31-25(20)23(16(2)21-11-19(28)12-22(29)30-21)17(3)24(15)27-14-18-9-7-6-8-10-18/h6-10,16,19,21,27-28H,11-14H2,1-5H3/t16?,19-,21+/m1/s1. The maximum atomic E-state index is 12.0. The second-order valence-electron chi connectivity index (χ2n) is 9.63. The number of carbonyl (C=O) groups excluding carboxylic acids is 1. The lowest BCUT2D eigenvalue weighted by molar-refractivity contribution is -0.161. The Balaban J connectivity index is 1.75. The molecule has 2 aromatic rings. The molecule has 166 valence electrons. The maximum absolute atomic E-state index is 12.0. The number of ether oxygens (including phenoxy) is 2. The highest BCUT2D eigenvalue weighted by Crippen LogP contribution is 2.49. The van der Waals surface area contributed by atoms with Gasteiger partial charge < -0.3 is 19.9 Å². The van der Waals surface area contributed by atoms with Crippen LogP contribution >= 0.6 is 0 Å². The molecule has 0 aromatic heterocycles. The molecule has 2 aliphatic rings. The Labute approximate surface area is 184 Å². The zero-order valence-corrected chi connectivity index (χ0v) is 19.1. The number of benzene rings is 2. The number of hydrogen-bond donors (Lipinski definition) is 2. The topological polar surface area (TPSA) is 67.8 Å². The molecule has 0 amide bonds. The summed E-state index contributed by atoms with van der Waals surface area (Å²) in [4.78, 5) is 12.0. The summed E-state index contributed by atoms with van der Waals surface area (Å²) in [6, 6.07) is 10.3. The monoisotopic (exact) mass is 423 g/mol. The highest BCUT2D eigenvalue weighted by atomic mass is 16.5. The molecule has 2 aromatic carbocycles. The van der Waals surface area contributed by atoms with Crippen LogP contribution < -0.4 is 10.1 Å². The molecule has 1 saturated heterocycles. The van der Waals surface area contributed by atoms with E-state index >= 15 is 0 Å². The molecule has 2 heterocycles. The first-order valence-corrected chi connectivity index (χ1v) is 11.2. The maximum Gasteiger partial charge on any atom is 0.308 e. The van der Waals surface area contributed by atoms with Crippen LogP contribution in [0.1, 0.15) is 67.3 Å². The van der Waals surface area contributed by atoms with Crippen molar-refractivity contribution < 1.29 is 19.4 Å². The third-order valence-electron chi connectivity index (χ3n) is 6.62. The Kier molecular flexibility index (Phi) is 5.73. The van der Waals surface area contributed by atoms with E-state index in [2.05, 4.69) is 52.1 Å². The Morgan fingerprint density at radius 1 is 1.19 bits per heavy atom. The molecule has 2 aliphatic heterocycles. The lowest BCUT2D eigenvalue weighted by Gasteiger charge is -2.33. The van der Waals surface area contributed by atoms with E-state index in [0.29, 0.717) is 6.42 Å². The Morgan fingerprint density at radius 2 is 1.90 bits per heavy atom. The van der Waals surface area contributed by atoms with Gasteiger partial charge in [0.2, 0.25) is 0 Å². The minimum Gasteiger partial charge on any atom is -0.487 e. The van der Waals surface area contributed by atoms with Gasteiger partial charge in [0, 0.05) is 42.1 Å². The summed E-state index contributed by atoms with van der Waals surface area (Å²) in [6.45, 7) is 11.3. The molecule has 1 unspecified atom stereocenters. The number of carbonyl (C=O) groups is 1. The molecule has 0 spiro atoms. The molecule has 0 aliphatic carbocycles. The van der Waals surface area contributed by atoms with E-state index in [0.717, 1.165) is 35.5 Å². The number of aliphatic hydroxyl groups excluding tert-OH is 1. The van der Waals surface area contributed by atoms with Gasteiger partial charge in [0.15, 0.2) is 0 Å². The fraction of sp³-hybridized carbons (Fsp3) is 0.500. The number of esters is 1. The Hall–Kier alpha value is -2.53. The second kappa shape index (κ2) is 8.19. The fourth-order valence-corrected chi connectivity index (χ4v) is 5.04. The van der Waals surface area contributed by atoms with Crippen LogP contribution in [0.4, 0.5) is 5.69 Å². The predicted molar refractivity (Wildman–Crippen MR) is 122 cm³/mol. The highest BCUT2D eigenvalue weighted by molar-refractivity contribution is 5.72. The normalized spacial score (nSPS) is 23.0. The van der Waals surface area contributed by atoms with E-state index in [-0.39, 0.29) is 30.0 Å². The molecule has 4 rings (SSSR count). The van der Waals surface area contributed by atoms with Crippen LogP contribution in [0.5, 0.6) is 5.75 Å². The number of aliphatic hydroxyl groups is 1. The van der Waals surface area contributed by atoms with Gasteiger partial charge in [0.05, 0.1) is 12.5 Å². The molecular weight excluding hydrogens is 390 g/mol. The van der Waals surface area contributed by atoms with Crippen LogP contribution in [-0.4, -0.2) is 28.9 Å². The van der Waals surface area contributed by atoms with E-state index < -0.39 is 6.10 Å². The molecule has 5 nitrogen and oxygen atoms in total. The Bertz CT molecular complexity index is 983. The predicted octanol–water partition coefficient (Wildman–Crippen LogP) is 4.80. The molecule has 5 heteroatoms. The van der Waals surface area contributed by atoms with E-state index in [4.69, 9.17) is 9.47 Å². The third kappa shape index (κ3) is 4.29. The zero-order valence-electron chi connectivity index (χ0n) is 19.1. The highest BCUT2D eigenvalue weighted by Gasteiger charge is 2.40. The van der Waals surface area contributed by atoms with Crippen LogP contribution in [0.2, 0.25) is 0 Å². The van der Waals surface area contributed by atoms with Crippen molar-refractivity contribution in [3.63, 3.8) is 0 Å². The van der Waals surface area contributed by atoms with E-state index in [1.54, 1.807) is 0 Å². The van der Waals surface area contributed by atoms with Crippen molar-refractivity contribution >= 4 is 11.7 Å². The molecule has 0 radical (unpaired) electrons. The molecule has 0 saturated carbocycles. The lowest BCUT2D eigenvalue weighted by atomic mass is 9.83. The van der Waals surface area contributed by atoms with Gasteiger partial charge >= 0.3 is 5.97 Å². The van der Waals surface area contributed by atoms with Gasteiger partial charge in [-0.05, 0) is 44.4 Å². The van der Waals surface area contributed by atoms with Gasteiger partial charge in [-0.15, -0.1) is 0 Å². The van der Waals surface area contributed by atoms with Gasteiger partial charge in [-0.2, -0.15) is 0 Å². The van der Waals surface area contributed by atoms with Crippen molar-refractivity contribution in [3.8, 4) is 5.75 Å². The minimum atomic E-state index is -0.652. The van der Waals surface area contributed by atoms with Gasteiger partial charge in [-0.3, -0.25) is 4.79 Å². The zero-order chi connectivity index (χ0) is 22.3. The number of rotatable bonds is 5. The van der Waals surface area contributed by atoms with Crippen molar-refractivity contribution in [1.82, 2.24) is 0 Å². The summed E-state index contributed by atoms with van der Waals surface area (Å²) < 4.78 is 12.1. The second-order valence-corrected chi connectivity index (χ2v) is 9.63. The van der Waals surface area contributed by atoms with Gasteiger partial charge in [-0.25, -0.2) is 0 Å². The van der Waals surface area contributed by atoms with Gasteiger partial charge in [-0.1, -0.05) is 37.3 Å². The summed E-state index contributed by atoms with van der Waals surface area (Å²) in [5.41, 5.74) is 6.68. The van der Waals surface area contributed by atoms with Crippen molar-refractivity contribution in [3.05, 3.63) is 58.1 Å². The fourth-order valence-electron chi connectivity index (χ4n) is 5.04. The van der Waals surface area contributed by atoms with Crippen molar-refractivity contribution in [2.24, 2.45) is 0 Å². The van der Waals surface area contributed by atoms with Gasteiger partial charge in [0.25, 0.3) is 0 Å². The number of hydrogen-bond acceptors (Lipinski definition) is 5.